The van der Waals surface area contributed by atoms with Crippen LogP contribution in [0.15, 0.2) is 41.4 Å². The first kappa shape index (κ1) is 23.1. The molecule has 0 fully saturated rings. The molecule has 6 heteroatoms. The van der Waals surface area contributed by atoms with Gasteiger partial charge in [0, 0.05) is 32.1 Å². The first-order valence-corrected chi connectivity index (χ1v) is 10.8. The molecule has 1 unspecified atom stereocenters. The minimum Gasteiger partial charge on any atom is -0.491 e. The van der Waals surface area contributed by atoms with E-state index in [0.29, 0.717) is 49.7 Å². The number of aromatic nitrogens is 1. The lowest BCUT2D eigenvalue weighted by molar-refractivity contribution is 0.154. The van der Waals surface area contributed by atoms with Crippen LogP contribution in [-0.4, -0.2) is 44.7 Å². The van der Waals surface area contributed by atoms with Crippen molar-refractivity contribution in [3.8, 4) is 17.4 Å². The van der Waals surface area contributed by atoms with Crippen molar-refractivity contribution in [2.24, 2.45) is 16.3 Å². The van der Waals surface area contributed by atoms with Crippen molar-refractivity contribution in [2.75, 3.05) is 34.0 Å². The van der Waals surface area contributed by atoms with Crippen molar-refractivity contribution in [3.63, 3.8) is 0 Å². The summed E-state index contributed by atoms with van der Waals surface area (Å²) >= 11 is 0. The highest BCUT2D eigenvalue weighted by atomic mass is 16.5. The summed E-state index contributed by atoms with van der Waals surface area (Å²) in [5.74, 6) is 2.03. The van der Waals surface area contributed by atoms with Gasteiger partial charge in [0.25, 0.3) is 5.88 Å². The van der Waals surface area contributed by atoms with Crippen molar-refractivity contribution in [1.29, 1.82) is 0 Å². The Hall–Kier alpha value is -2.60. The van der Waals surface area contributed by atoms with Crippen LogP contribution >= 0.6 is 0 Å². The van der Waals surface area contributed by atoms with Crippen LogP contribution in [0.4, 0.5) is 0 Å². The highest BCUT2D eigenvalue weighted by Gasteiger charge is 2.32. The van der Waals surface area contributed by atoms with E-state index in [9.17, 15) is 0 Å². The van der Waals surface area contributed by atoms with E-state index in [4.69, 9.17) is 28.9 Å². The average Bonchev–Trinajstić information content (AvgIpc) is 2.94. The third-order valence-electron chi connectivity index (χ3n) is 5.54. The Balaban J connectivity index is 1.94. The number of hydrogen-bond acceptors (Lipinski definition) is 6. The first-order chi connectivity index (χ1) is 14.9. The van der Waals surface area contributed by atoms with Gasteiger partial charge < -0.3 is 18.9 Å². The van der Waals surface area contributed by atoms with Gasteiger partial charge in [-0.25, -0.2) is 4.98 Å². The Bertz CT molecular complexity index is 875. The molecule has 1 aliphatic rings. The SMILES string of the molecule is COCCCOc1cc2c(nc1OC)C(=NCc1ccccc1)CC(C(C)(C)C)CO2. The highest BCUT2D eigenvalue weighted by molar-refractivity contribution is 6.02. The normalized spacial score (nSPS) is 17.6. The van der Waals surface area contributed by atoms with E-state index in [-0.39, 0.29) is 5.41 Å². The van der Waals surface area contributed by atoms with Gasteiger partial charge in [-0.05, 0) is 17.4 Å². The van der Waals surface area contributed by atoms with Crippen LogP contribution in [0.2, 0.25) is 0 Å². The van der Waals surface area contributed by atoms with Gasteiger partial charge in [0.1, 0.15) is 5.69 Å². The molecule has 168 valence electrons. The van der Waals surface area contributed by atoms with Crippen molar-refractivity contribution < 1.29 is 18.9 Å². The van der Waals surface area contributed by atoms with E-state index in [1.165, 1.54) is 5.56 Å². The van der Waals surface area contributed by atoms with Gasteiger partial charge in [0.15, 0.2) is 11.5 Å². The minimum absolute atomic E-state index is 0.0825. The van der Waals surface area contributed by atoms with Crippen LogP contribution in [0.5, 0.6) is 17.4 Å². The van der Waals surface area contributed by atoms with Crippen LogP contribution in [0.3, 0.4) is 0 Å². The lowest BCUT2D eigenvalue weighted by Gasteiger charge is -2.29. The van der Waals surface area contributed by atoms with Gasteiger partial charge >= 0.3 is 0 Å². The summed E-state index contributed by atoms with van der Waals surface area (Å²) in [5.41, 5.74) is 2.93. The van der Waals surface area contributed by atoms with Crippen LogP contribution in [-0.2, 0) is 11.3 Å². The second kappa shape index (κ2) is 10.6. The summed E-state index contributed by atoms with van der Waals surface area (Å²) in [6.07, 6.45) is 1.58. The van der Waals surface area contributed by atoms with E-state index in [2.05, 4.69) is 32.9 Å². The maximum atomic E-state index is 6.23. The Morgan fingerprint density at radius 3 is 2.58 bits per heavy atom. The number of methoxy groups -OCH3 is 2. The third-order valence-corrected chi connectivity index (χ3v) is 5.54. The summed E-state index contributed by atoms with van der Waals surface area (Å²) in [6.45, 7) is 9.09. The zero-order chi connectivity index (χ0) is 22.3. The van der Waals surface area contributed by atoms with Crippen LogP contribution < -0.4 is 14.2 Å². The molecule has 0 bridgehead atoms. The number of rotatable bonds is 8. The molecule has 0 radical (unpaired) electrons. The molecule has 1 aromatic carbocycles. The molecule has 31 heavy (non-hydrogen) atoms. The Kier molecular flexibility index (Phi) is 7.91. The monoisotopic (exact) mass is 426 g/mol. The predicted octanol–water partition coefficient (Wildman–Crippen LogP) is 4.94. The molecular weight excluding hydrogens is 392 g/mol. The standard InChI is InChI=1S/C25H34N2O4/c1-25(2,3)19-14-20(26-16-18-10-7-6-8-11-18)23-21(31-17-19)15-22(24(27-23)29-5)30-13-9-12-28-4/h6-8,10-11,15,19H,9,12-14,16-17H2,1-5H3. The van der Waals surface area contributed by atoms with Gasteiger partial charge in [-0.3, -0.25) is 4.99 Å². The van der Waals surface area contributed by atoms with E-state index >= 15 is 0 Å². The molecule has 0 N–H and O–H groups in total. The largest absolute Gasteiger partial charge is 0.491 e. The molecular formula is C25H34N2O4. The lowest BCUT2D eigenvalue weighted by Crippen LogP contribution is -2.27. The summed E-state index contributed by atoms with van der Waals surface area (Å²) in [7, 11) is 3.29. The van der Waals surface area contributed by atoms with Gasteiger partial charge in [0.05, 0.1) is 32.6 Å². The maximum absolute atomic E-state index is 6.23. The van der Waals surface area contributed by atoms with Crippen LogP contribution in [0.25, 0.3) is 0 Å². The Morgan fingerprint density at radius 1 is 1.13 bits per heavy atom. The summed E-state index contributed by atoms with van der Waals surface area (Å²) in [4.78, 5) is 9.74. The molecule has 0 spiro atoms. The van der Waals surface area contributed by atoms with Crippen molar-refractivity contribution >= 4 is 5.71 Å². The van der Waals surface area contributed by atoms with E-state index < -0.39 is 0 Å². The molecule has 2 heterocycles. The van der Waals surface area contributed by atoms with E-state index in [1.54, 1.807) is 14.2 Å². The molecule has 1 aliphatic heterocycles. The second-order valence-corrected chi connectivity index (χ2v) is 8.86. The molecule has 0 aliphatic carbocycles. The van der Waals surface area contributed by atoms with Crippen LogP contribution in [0.1, 0.15) is 44.9 Å². The average molecular weight is 427 g/mol. The van der Waals surface area contributed by atoms with E-state index in [1.807, 2.05) is 24.3 Å². The third kappa shape index (κ3) is 6.20. The fourth-order valence-electron chi connectivity index (χ4n) is 3.46. The zero-order valence-corrected chi connectivity index (χ0v) is 19.3. The van der Waals surface area contributed by atoms with Gasteiger partial charge in [-0.1, -0.05) is 51.1 Å². The molecule has 2 aromatic rings. The van der Waals surface area contributed by atoms with E-state index in [0.717, 1.165) is 24.2 Å². The number of fused-ring (bicyclic) bond motifs is 1. The number of nitrogens with zero attached hydrogens (tertiary/aromatic N) is 2. The summed E-state index contributed by atoms with van der Waals surface area (Å²) in [5, 5.41) is 0. The number of ether oxygens (including phenoxy) is 4. The van der Waals surface area contributed by atoms with Gasteiger partial charge in [-0.2, -0.15) is 0 Å². The topological polar surface area (TPSA) is 62.2 Å². The molecule has 1 aromatic heterocycles. The molecule has 0 saturated carbocycles. The number of benzene rings is 1. The molecule has 6 nitrogen and oxygen atoms in total. The number of pyridine rings is 1. The summed E-state index contributed by atoms with van der Waals surface area (Å²) < 4.78 is 22.8. The fraction of sp³-hybridized carbons (Fsp3) is 0.520. The maximum Gasteiger partial charge on any atom is 0.257 e. The molecule has 0 saturated heterocycles. The Labute approximate surface area is 185 Å². The lowest BCUT2D eigenvalue weighted by atomic mass is 9.78. The molecule has 1 atom stereocenters. The van der Waals surface area contributed by atoms with Gasteiger partial charge in [-0.15, -0.1) is 0 Å². The fourth-order valence-corrected chi connectivity index (χ4v) is 3.46. The van der Waals surface area contributed by atoms with Crippen molar-refractivity contribution in [3.05, 3.63) is 47.7 Å². The van der Waals surface area contributed by atoms with Gasteiger partial charge in [0.2, 0.25) is 0 Å². The number of aliphatic imine (C=N–C) groups is 1. The molecule has 0 amide bonds. The molecule has 3 rings (SSSR count). The Morgan fingerprint density at radius 2 is 1.90 bits per heavy atom. The first-order valence-electron chi connectivity index (χ1n) is 10.8. The smallest absolute Gasteiger partial charge is 0.257 e. The number of hydrogen-bond donors (Lipinski definition) is 0. The summed E-state index contributed by atoms with van der Waals surface area (Å²) in [6, 6.07) is 12.1. The second-order valence-electron chi connectivity index (χ2n) is 8.86. The minimum atomic E-state index is 0.0825. The zero-order valence-electron chi connectivity index (χ0n) is 19.3. The van der Waals surface area contributed by atoms with Crippen molar-refractivity contribution in [2.45, 2.75) is 40.2 Å². The quantitative estimate of drug-likeness (QED) is 0.560. The van der Waals surface area contributed by atoms with Crippen LogP contribution in [0, 0.1) is 11.3 Å². The predicted molar refractivity (Wildman–Crippen MR) is 123 cm³/mol. The highest BCUT2D eigenvalue weighted by Crippen LogP contribution is 2.39. The van der Waals surface area contributed by atoms with Crippen molar-refractivity contribution in [1.82, 2.24) is 4.98 Å².